The molecule has 0 atom stereocenters. The van der Waals surface area contributed by atoms with Gasteiger partial charge in [0.25, 0.3) is 0 Å². The molecule has 128 valence electrons. The van der Waals surface area contributed by atoms with Crippen molar-refractivity contribution in [2.75, 3.05) is 7.11 Å². The van der Waals surface area contributed by atoms with Gasteiger partial charge in [0.05, 0.1) is 12.7 Å². The Hall–Kier alpha value is -3.33. The average molecular weight is 342 g/mol. The van der Waals surface area contributed by atoms with Crippen molar-refractivity contribution in [3.05, 3.63) is 89.0 Å². The van der Waals surface area contributed by atoms with Crippen molar-refractivity contribution in [3.63, 3.8) is 0 Å². The largest absolute Gasteiger partial charge is 0.496 e. The first kappa shape index (κ1) is 16.2. The molecule has 4 rings (SSSR count). The summed E-state index contributed by atoms with van der Waals surface area (Å²) >= 11 is 0. The monoisotopic (exact) mass is 342 g/mol. The van der Waals surface area contributed by atoms with Crippen molar-refractivity contribution in [2.24, 2.45) is 0 Å². The lowest BCUT2D eigenvalue weighted by Crippen LogP contribution is -1.97. The van der Waals surface area contributed by atoms with E-state index >= 15 is 0 Å². The van der Waals surface area contributed by atoms with E-state index < -0.39 is 0 Å². The topological polar surface area (TPSA) is 35.5 Å². The number of methoxy groups -OCH3 is 1. The number of benzene rings is 3. The smallest absolute Gasteiger partial charge is 0.343 e. The van der Waals surface area contributed by atoms with E-state index in [0.717, 1.165) is 27.6 Å². The van der Waals surface area contributed by atoms with Crippen molar-refractivity contribution < 1.29 is 14.3 Å². The summed E-state index contributed by atoms with van der Waals surface area (Å²) in [5.41, 5.74) is 3.55. The van der Waals surface area contributed by atoms with Gasteiger partial charge in [-0.15, -0.1) is 0 Å². The van der Waals surface area contributed by atoms with Crippen LogP contribution in [-0.2, 0) is 9.53 Å². The molecule has 0 aliphatic carbocycles. The van der Waals surface area contributed by atoms with E-state index in [-0.39, 0.29) is 5.97 Å². The number of esters is 1. The zero-order chi connectivity index (χ0) is 18.1. The maximum atomic E-state index is 12.3. The molecule has 0 unspecified atom stereocenters. The predicted octanol–water partition coefficient (Wildman–Crippen LogP) is 5.14. The van der Waals surface area contributed by atoms with Gasteiger partial charge >= 0.3 is 5.97 Å². The van der Waals surface area contributed by atoms with E-state index in [1.54, 1.807) is 13.2 Å². The molecule has 0 fully saturated rings. The molecular formula is C23H18O3. The summed E-state index contributed by atoms with van der Waals surface area (Å²) in [6, 6.07) is 19.8. The Kier molecular flexibility index (Phi) is 4.05. The van der Waals surface area contributed by atoms with E-state index in [9.17, 15) is 4.79 Å². The second-order valence-electron chi connectivity index (χ2n) is 6.27. The van der Waals surface area contributed by atoms with Gasteiger partial charge in [0.2, 0.25) is 0 Å². The Morgan fingerprint density at radius 1 is 0.923 bits per heavy atom. The predicted molar refractivity (Wildman–Crippen MR) is 104 cm³/mol. The third-order valence-corrected chi connectivity index (χ3v) is 4.51. The van der Waals surface area contributed by atoms with Crippen molar-refractivity contribution >= 4 is 28.6 Å². The molecule has 3 aromatic carbocycles. The third kappa shape index (κ3) is 2.88. The summed E-state index contributed by atoms with van der Waals surface area (Å²) in [6.07, 6.45) is 3.66. The number of carbonyl (C=O) groups is 1. The van der Waals surface area contributed by atoms with Gasteiger partial charge in [-0.25, -0.2) is 4.79 Å². The number of ether oxygens (including phenoxy) is 2. The number of cyclic esters (lactones) is 1. The van der Waals surface area contributed by atoms with Gasteiger partial charge < -0.3 is 9.47 Å². The molecule has 0 radical (unpaired) electrons. The molecule has 0 amide bonds. The van der Waals surface area contributed by atoms with Crippen molar-refractivity contribution in [3.8, 4) is 5.75 Å². The van der Waals surface area contributed by atoms with Crippen molar-refractivity contribution in [2.45, 2.75) is 6.92 Å². The molecule has 0 saturated heterocycles. The van der Waals surface area contributed by atoms with Crippen LogP contribution in [0.15, 0.2) is 72.3 Å². The molecular weight excluding hydrogens is 324 g/mol. The summed E-state index contributed by atoms with van der Waals surface area (Å²) in [7, 11) is 1.66. The van der Waals surface area contributed by atoms with Crippen LogP contribution in [0.25, 0.3) is 22.6 Å². The average Bonchev–Trinajstić information content (AvgIpc) is 3.03. The highest BCUT2D eigenvalue weighted by Crippen LogP contribution is 2.32. The maximum absolute atomic E-state index is 12.3. The quantitative estimate of drug-likeness (QED) is 0.488. The van der Waals surface area contributed by atoms with Gasteiger partial charge in [0, 0.05) is 10.9 Å². The molecule has 0 aromatic heterocycles. The Bertz CT molecular complexity index is 1060. The zero-order valence-electron chi connectivity index (χ0n) is 14.7. The molecule has 3 heteroatoms. The van der Waals surface area contributed by atoms with Crippen LogP contribution in [0.3, 0.4) is 0 Å². The summed E-state index contributed by atoms with van der Waals surface area (Å²) in [5.74, 6) is 1.06. The highest BCUT2D eigenvalue weighted by molar-refractivity contribution is 6.07. The Morgan fingerprint density at radius 3 is 2.38 bits per heavy atom. The fraction of sp³-hybridized carbons (Fsp3) is 0.0870. The van der Waals surface area contributed by atoms with Crippen LogP contribution in [0.4, 0.5) is 0 Å². The molecule has 3 aromatic rings. The molecule has 0 spiro atoms. The first-order chi connectivity index (χ1) is 12.7. The van der Waals surface area contributed by atoms with Crippen LogP contribution in [0.5, 0.6) is 5.75 Å². The molecule has 1 heterocycles. The van der Waals surface area contributed by atoms with Gasteiger partial charge in [-0.05, 0) is 36.1 Å². The van der Waals surface area contributed by atoms with Crippen LogP contribution in [0, 0.1) is 6.92 Å². The van der Waals surface area contributed by atoms with Crippen LogP contribution < -0.4 is 4.74 Å². The summed E-state index contributed by atoms with van der Waals surface area (Å²) in [5, 5.41) is 2.04. The summed E-state index contributed by atoms with van der Waals surface area (Å²) in [4.78, 5) is 12.3. The highest BCUT2D eigenvalue weighted by atomic mass is 16.5. The van der Waals surface area contributed by atoms with Crippen LogP contribution >= 0.6 is 0 Å². The lowest BCUT2D eigenvalue weighted by Gasteiger charge is -2.08. The van der Waals surface area contributed by atoms with Crippen molar-refractivity contribution in [1.82, 2.24) is 0 Å². The Morgan fingerprint density at radius 2 is 1.65 bits per heavy atom. The first-order valence-corrected chi connectivity index (χ1v) is 8.44. The van der Waals surface area contributed by atoms with Crippen LogP contribution in [0.1, 0.15) is 16.7 Å². The van der Waals surface area contributed by atoms with E-state index in [1.807, 2.05) is 73.7 Å². The highest BCUT2D eigenvalue weighted by Gasteiger charge is 2.22. The van der Waals surface area contributed by atoms with E-state index in [1.165, 1.54) is 5.56 Å². The number of hydrogen-bond acceptors (Lipinski definition) is 3. The molecule has 0 bridgehead atoms. The normalized spacial score (nSPS) is 15.2. The van der Waals surface area contributed by atoms with Gasteiger partial charge in [-0.1, -0.05) is 60.2 Å². The lowest BCUT2D eigenvalue weighted by molar-refractivity contribution is -0.130. The fourth-order valence-electron chi connectivity index (χ4n) is 3.12. The van der Waals surface area contributed by atoms with Gasteiger partial charge in [-0.2, -0.15) is 0 Å². The molecule has 0 N–H and O–H groups in total. The van der Waals surface area contributed by atoms with E-state index in [2.05, 4.69) is 0 Å². The Labute approximate surface area is 152 Å². The Balaban J connectivity index is 1.78. The molecule has 26 heavy (non-hydrogen) atoms. The zero-order valence-corrected chi connectivity index (χ0v) is 14.7. The molecule has 1 aliphatic rings. The SMILES string of the molecule is COc1ccc(/C=C2\C=C(c3ccc(C)cc3)OC2=O)c2ccccc12. The van der Waals surface area contributed by atoms with Crippen molar-refractivity contribution in [1.29, 1.82) is 0 Å². The lowest BCUT2D eigenvalue weighted by atomic mass is 10.0. The second kappa shape index (κ2) is 6.52. The number of carbonyl (C=O) groups excluding carboxylic acids is 1. The number of hydrogen-bond donors (Lipinski definition) is 0. The minimum atomic E-state index is -0.333. The molecule has 1 aliphatic heterocycles. The summed E-state index contributed by atoms with van der Waals surface area (Å²) < 4.78 is 10.9. The minimum Gasteiger partial charge on any atom is -0.496 e. The summed E-state index contributed by atoms with van der Waals surface area (Å²) in [6.45, 7) is 2.03. The van der Waals surface area contributed by atoms with E-state index in [0.29, 0.717) is 11.3 Å². The second-order valence-corrected chi connectivity index (χ2v) is 6.27. The van der Waals surface area contributed by atoms with Crippen LogP contribution in [0.2, 0.25) is 0 Å². The van der Waals surface area contributed by atoms with E-state index in [4.69, 9.17) is 9.47 Å². The number of fused-ring (bicyclic) bond motifs is 1. The van der Waals surface area contributed by atoms with Gasteiger partial charge in [0.15, 0.2) is 0 Å². The molecule has 0 saturated carbocycles. The standard InChI is InChI=1S/C23H18O3/c1-15-7-9-16(10-8-15)22-14-18(23(24)26-22)13-17-11-12-21(25-2)20-6-4-3-5-19(17)20/h3-14H,1-2H3/b18-13+. The minimum absolute atomic E-state index is 0.333. The fourth-order valence-corrected chi connectivity index (χ4v) is 3.12. The third-order valence-electron chi connectivity index (χ3n) is 4.51. The van der Waals surface area contributed by atoms with Gasteiger partial charge in [-0.3, -0.25) is 0 Å². The van der Waals surface area contributed by atoms with Crippen LogP contribution in [-0.4, -0.2) is 13.1 Å². The number of rotatable bonds is 3. The first-order valence-electron chi connectivity index (χ1n) is 8.44. The molecule has 3 nitrogen and oxygen atoms in total. The maximum Gasteiger partial charge on any atom is 0.343 e. The number of aryl methyl sites for hydroxylation is 1. The van der Waals surface area contributed by atoms with Gasteiger partial charge in [0.1, 0.15) is 11.5 Å².